The molecule has 5 nitrogen and oxygen atoms in total. The van der Waals surface area contributed by atoms with Gasteiger partial charge in [0.15, 0.2) is 17.2 Å². The first-order chi connectivity index (χ1) is 6.77. The summed E-state index contributed by atoms with van der Waals surface area (Å²) in [6.07, 6.45) is 2.17. The van der Waals surface area contributed by atoms with E-state index < -0.39 is 5.97 Å². The monoisotopic (exact) mass is 195 g/mol. The van der Waals surface area contributed by atoms with Crippen LogP contribution in [0.3, 0.4) is 0 Å². The van der Waals surface area contributed by atoms with Gasteiger partial charge in [-0.1, -0.05) is 0 Å². The molecule has 1 aromatic heterocycles. The number of aromatic nitrogens is 1. The van der Waals surface area contributed by atoms with E-state index in [1.54, 1.807) is 0 Å². The summed E-state index contributed by atoms with van der Waals surface area (Å²) in [5, 5.41) is 8.70. The van der Waals surface area contributed by atoms with Gasteiger partial charge in [0.25, 0.3) is 0 Å². The molecule has 0 radical (unpaired) electrons. The van der Waals surface area contributed by atoms with Gasteiger partial charge < -0.3 is 14.6 Å². The van der Waals surface area contributed by atoms with E-state index >= 15 is 0 Å². The predicted molar refractivity (Wildman–Crippen MR) is 46.8 cm³/mol. The van der Waals surface area contributed by atoms with Crippen molar-refractivity contribution < 1.29 is 19.4 Å². The minimum absolute atomic E-state index is 0.0331. The van der Waals surface area contributed by atoms with E-state index in [0.717, 1.165) is 6.42 Å². The molecule has 0 spiro atoms. The van der Waals surface area contributed by atoms with E-state index in [4.69, 9.17) is 14.6 Å². The highest BCUT2D eigenvalue weighted by atomic mass is 16.5. The van der Waals surface area contributed by atoms with Crippen LogP contribution in [0.4, 0.5) is 0 Å². The maximum Gasteiger partial charge on any atom is 0.354 e. The predicted octanol–water partition coefficient (Wildman–Crippen LogP) is 0.941. The Hall–Kier alpha value is -1.78. The fraction of sp³-hybridized carbons (Fsp3) is 0.333. The number of hydrogen-bond donors (Lipinski definition) is 1. The van der Waals surface area contributed by atoms with Gasteiger partial charge in [-0.05, 0) is 0 Å². The Morgan fingerprint density at radius 2 is 2.07 bits per heavy atom. The van der Waals surface area contributed by atoms with E-state index in [1.807, 2.05) is 0 Å². The molecular weight excluding hydrogens is 186 g/mol. The summed E-state index contributed by atoms with van der Waals surface area (Å²) in [6, 6.07) is 1.38. The van der Waals surface area contributed by atoms with Crippen molar-refractivity contribution in [3.8, 4) is 11.5 Å². The second-order valence-corrected chi connectivity index (χ2v) is 2.87. The van der Waals surface area contributed by atoms with Crippen LogP contribution in [0.1, 0.15) is 16.9 Å². The zero-order valence-corrected chi connectivity index (χ0v) is 7.40. The van der Waals surface area contributed by atoms with Crippen LogP contribution in [0.2, 0.25) is 0 Å². The Morgan fingerprint density at radius 1 is 1.36 bits per heavy atom. The zero-order valence-electron chi connectivity index (χ0n) is 7.40. The lowest BCUT2D eigenvalue weighted by Crippen LogP contribution is -2.01. The zero-order chi connectivity index (χ0) is 9.97. The molecule has 0 aromatic carbocycles. The molecule has 74 valence electrons. The molecule has 0 atom stereocenters. The number of ether oxygens (including phenoxy) is 2. The Kier molecular flexibility index (Phi) is 2.22. The van der Waals surface area contributed by atoms with Crippen LogP contribution >= 0.6 is 0 Å². The van der Waals surface area contributed by atoms with Gasteiger partial charge in [-0.25, -0.2) is 9.78 Å². The summed E-state index contributed by atoms with van der Waals surface area (Å²) < 4.78 is 10.6. The van der Waals surface area contributed by atoms with Gasteiger partial charge >= 0.3 is 5.97 Å². The molecule has 1 aliphatic rings. The fourth-order valence-corrected chi connectivity index (χ4v) is 1.19. The van der Waals surface area contributed by atoms with Crippen molar-refractivity contribution >= 4 is 5.97 Å². The molecule has 1 aromatic rings. The van der Waals surface area contributed by atoms with Gasteiger partial charge in [0.1, 0.15) is 0 Å². The lowest BCUT2D eigenvalue weighted by Gasteiger charge is -2.06. The molecule has 1 aliphatic heterocycles. The molecule has 0 saturated heterocycles. The summed E-state index contributed by atoms with van der Waals surface area (Å²) in [7, 11) is 0. The third-order valence-corrected chi connectivity index (χ3v) is 1.85. The highest BCUT2D eigenvalue weighted by molar-refractivity contribution is 5.86. The summed E-state index contributed by atoms with van der Waals surface area (Å²) in [6.45, 7) is 1.11. The molecule has 0 amide bonds. The van der Waals surface area contributed by atoms with Crippen LogP contribution in [-0.2, 0) is 0 Å². The summed E-state index contributed by atoms with van der Waals surface area (Å²) in [4.78, 5) is 14.3. The van der Waals surface area contributed by atoms with Crippen LogP contribution in [0, 0.1) is 0 Å². The fourth-order valence-electron chi connectivity index (χ4n) is 1.19. The average Bonchev–Trinajstić information content (AvgIpc) is 2.41. The van der Waals surface area contributed by atoms with Gasteiger partial charge in [0, 0.05) is 12.5 Å². The lowest BCUT2D eigenvalue weighted by molar-refractivity contribution is 0.0690. The molecule has 14 heavy (non-hydrogen) atoms. The van der Waals surface area contributed by atoms with E-state index in [2.05, 4.69) is 4.98 Å². The van der Waals surface area contributed by atoms with Gasteiger partial charge in [-0.3, -0.25) is 0 Å². The van der Waals surface area contributed by atoms with E-state index in [9.17, 15) is 4.79 Å². The summed E-state index contributed by atoms with van der Waals surface area (Å²) in [5.41, 5.74) is -0.0331. The number of carboxylic acid groups (broad SMARTS) is 1. The van der Waals surface area contributed by atoms with Crippen molar-refractivity contribution in [1.82, 2.24) is 4.98 Å². The van der Waals surface area contributed by atoms with Crippen molar-refractivity contribution in [2.24, 2.45) is 0 Å². The topological polar surface area (TPSA) is 68.7 Å². The standard InChI is InChI=1S/C9H9NO4/c11-9(12)6-4-7-8(5-10-6)14-3-1-2-13-7/h4-5H,1-3H2,(H,11,12). The molecule has 2 rings (SSSR count). The van der Waals surface area contributed by atoms with Gasteiger partial charge in [0.2, 0.25) is 0 Å². The van der Waals surface area contributed by atoms with E-state index in [-0.39, 0.29) is 5.69 Å². The molecule has 0 unspecified atom stereocenters. The Balaban J connectivity index is 2.37. The van der Waals surface area contributed by atoms with E-state index in [0.29, 0.717) is 24.7 Å². The molecule has 0 saturated carbocycles. The Bertz CT molecular complexity index is 364. The summed E-state index contributed by atoms with van der Waals surface area (Å²) >= 11 is 0. The third kappa shape index (κ3) is 1.61. The number of carbonyl (C=O) groups is 1. The molecule has 2 heterocycles. The van der Waals surface area contributed by atoms with Crippen molar-refractivity contribution in [2.45, 2.75) is 6.42 Å². The van der Waals surface area contributed by atoms with Crippen LogP contribution in [0.5, 0.6) is 11.5 Å². The van der Waals surface area contributed by atoms with Gasteiger partial charge in [-0.15, -0.1) is 0 Å². The van der Waals surface area contributed by atoms with Gasteiger partial charge in [-0.2, -0.15) is 0 Å². The van der Waals surface area contributed by atoms with Crippen LogP contribution in [0.15, 0.2) is 12.3 Å². The molecule has 0 bridgehead atoms. The Labute approximate surface area is 80.3 Å². The van der Waals surface area contributed by atoms with Crippen molar-refractivity contribution in [2.75, 3.05) is 13.2 Å². The minimum Gasteiger partial charge on any atom is -0.489 e. The largest absolute Gasteiger partial charge is 0.489 e. The number of fused-ring (bicyclic) bond motifs is 1. The quantitative estimate of drug-likeness (QED) is 0.722. The van der Waals surface area contributed by atoms with Gasteiger partial charge in [0.05, 0.1) is 19.4 Å². The maximum absolute atomic E-state index is 10.6. The van der Waals surface area contributed by atoms with E-state index in [1.165, 1.54) is 12.3 Å². The summed E-state index contributed by atoms with van der Waals surface area (Å²) in [5.74, 6) is -0.108. The van der Waals surface area contributed by atoms with Crippen LogP contribution in [0.25, 0.3) is 0 Å². The van der Waals surface area contributed by atoms with Crippen molar-refractivity contribution in [3.05, 3.63) is 18.0 Å². The number of aromatic carboxylic acids is 1. The highest BCUT2D eigenvalue weighted by Crippen LogP contribution is 2.28. The number of hydrogen-bond acceptors (Lipinski definition) is 4. The smallest absolute Gasteiger partial charge is 0.354 e. The van der Waals surface area contributed by atoms with Crippen molar-refractivity contribution in [3.63, 3.8) is 0 Å². The van der Waals surface area contributed by atoms with Crippen molar-refractivity contribution in [1.29, 1.82) is 0 Å². The first kappa shape index (κ1) is 8.80. The lowest BCUT2D eigenvalue weighted by atomic mass is 10.3. The Morgan fingerprint density at radius 3 is 2.79 bits per heavy atom. The number of carboxylic acids is 1. The molecule has 1 N–H and O–H groups in total. The first-order valence-corrected chi connectivity index (χ1v) is 4.26. The number of nitrogens with zero attached hydrogens (tertiary/aromatic N) is 1. The highest BCUT2D eigenvalue weighted by Gasteiger charge is 2.14. The second kappa shape index (κ2) is 3.53. The molecular formula is C9H9NO4. The molecule has 5 heteroatoms. The molecule has 0 fully saturated rings. The first-order valence-electron chi connectivity index (χ1n) is 4.26. The maximum atomic E-state index is 10.6. The second-order valence-electron chi connectivity index (χ2n) is 2.87. The average molecular weight is 195 g/mol. The normalized spacial score (nSPS) is 14.6. The number of pyridine rings is 1. The third-order valence-electron chi connectivity index (χ3n) is 1.85. The van der Waals surface area contributed by atoms with Crippen LogP contribution < -0.4 is 9.47 Å². The SMILES string of the molecule is O=C(O)c1cc2c(cn1)OCCCO2. The number of rotatable bonds is 1. The minimum atomic E-state index is -1.07. The van der Waals surface area contributed by atoms with Crippen LogP contribution in [-0.4, -0.2) is 29.3 Å². The molecule has 0 aliphatic carbocycles.